The van der Waals surface area contributed by atoms with E-state index in [1.54, 1.807) is 11.8 Å². The number of carbonyl (C=O) groups is 2. The fourth-order valence-electron chi connectivity index (χ4n) is 2.01. The predicted octanol–water partition coefficient (Wildman–Crippen LogP) is 0.768. The molecule has 2 atom stereocenters. The quantitative estimate of drug-likeness (QED) is 0.751. The minimum atomic E-state index is -0.374. The highest BCUT2D eigenvalue weighted by molar-refractivity contribution is 5.94. The van der Waals surface area contributed by atoms with Gasteiger partial charge in [-0.25, -0.2) is 0 Å². The Morgan fingerprint density at radius 3 is 2.53 bits per heavy atom. The molecule has 2 unspecified atom stereocenters. The van der Waals surface area contributed by atoms with Gasteiger partial charge in [0.15, 0.2) is 0 Å². The molecule has 1 heterocycles. The zero-order chi connectivity index (χ0) is 11.6. The highest BCUT2D eigenvalue weighted by Gasteiger charge is 2.32. The van der Waals surface area contributed by atoms with E-state index in [1.807, 2.05) is 6.92 Å². The third-order valence-corrected chi connectivity index (χ3v) is 2.69. The summed E-state index contributed by atoms with van der Waals surface area (Å²) < 4.78 is 0. The second-order valence-electron chi connectivity index (χ2n) is 4.73. The van der Waals surface area contributed by atoms with Gasteiger partial charge < -0.3 is 10.2 Å². The Morgan fingerprint density at radius 2 is 2.00 bits per heavy atom. The van der Waals surface area contributed by atoms with Crippen LogP contribution in [-0.4, -0.2) is 35.3 Å². The highest BCUT2D eigenvalue weighted by atomic mass is 16.2. The van der Waals surface area contributed by atoms with Gasteiger partial charge in [0.25, 0.3) is 0 Å². The third-order valence-electron chi connectivity index (χ3n) is 2.69. The first kappa shape index (κ1) is 12.0. The van der Waals surface area contributed by atoms with Crippen molar-refractivity contribution < 1.29 is 9.59 Å². The van der Waals surface area contributed by atoms with Crippen LogP contribution in [0.1, 0.15) is 34.1 Å². The average Bonchev–Trinajstić information content (AvgIpc) is 2.09. The van der Waals surface area contributed by atoms with Gasteiger partial charge in [0, 0.05) is 6.04 Å². The SMILES string of the molecule is CC(C)CC(C)N1CC(=O)NC(C)C1=O. The van der Waals surface area contributed by atoms with Crippen molar-refractivity contribution in [1.29, 1.82) is 0 Å². The first-order chi connectivity index (χ1) is 6.91. The van der Waals surface area contributed by atoms with Crippen LogP contribution in [0.3, 0.4) is 0 Å². The van der Waals surface area contributed by atoms with E-state index in [9.17, 15) is 9.59 Å². The van der Waals surface area contributed by atoms with Gasteiger partial charge in [-0.1, -0.05) is 13.8 Å². The predicted molar refractivity (Wildman–Crippen MR) is 58.2 cm³/mol. The molecule has 0 radical (unpaired) electrons. The Hall–Kier alpha value is -1.06. The summed E-state index contributed by atoms with van der Waals surface area (Å²) in [5.41, 5.74) is 0. The second-order valence-corrected chi connectivity index (χ2v) is 4.73. The molecular formula is C11H20N2O2. The fraction of sp³-hybridized carbons (Fsp3) is 0.818. The molecule has 1 N–H and O–H groups in total. The van der Waals surface area contributed by atoms with Gasteiger partial charge in [0.2, 0.25) is 11.8 Å². The highest BCUT2D eigenvalue weighted by Crippen LogP contribution is 2.14. The summed E-state index contributed by atoms with van der Waals surface area (Å²) >= 11 is 0. The second kappa shape index (κ2) is 4.64. The molecule has 1 aliphatic heterocycles. The summed E-state index contributed by atoms with van der Waals surface area (Å²) in [6, 6.07) is -0.230. The third kappa shape index (κ3) is 2.94. The number of hydrogen-bond acceptors (Lipinski definition) is 2. The summed E-state index contributed by atoms with van der Waals surface area (Å²) in [5, 5.41) is 2.64. The van der Waals surface area contributed by atoms with Crippen molar-refractivity contribution >= 4 is 11.8 Å². The summed E-state index contributed by atoms with van der Waals surface area (Å²) in [6.07, 6.45) is 0.936. The maximum atomic E-state index is 11.8. The molecule has 0 aromatic carbocycles. The van der Waals surface area contributed by atoms with E-state index in [-0.39, 0.29) is 30.4 Å². The van der Waals surface area contributed by atoms with E-state index < -0.39 is 0 Å². The average molecular weight is 212 g/mol. The molecule has 1 aliphatic rings. The zero-order valence-electron chi connectivity index (χ0n) is 9.91. The molecule has 4 nitrogen and oxygen atoms in total. The largest absolute Gasteiger partial charge is 0.343 e. The van der Waals surface area contributed by atoms with Crippen molar-refractivity contribution in [3.05, 3.63) is 0 Å². The van der Waals surface area contributed by atoms with Crippen LogP contribution < -0.4 is 5.32 Å². The van der Waals surface area contributed by atoms with E-state index in [0.29, 0.717) is 5.92 Å². The zero-order valence-corrected chi connectivity index (χ0v) is 9.91. The molecule has 86 valence electrons. The molecule has 2 amide bonds. The maximum absolute atomic E-state index is 11.8. The summed E-state index contributed by atoms with van der Waals surface area (Å²) in [4.78, 5) is 24.8. The number of amides is 2. The molecule has 0 aliphatic carbocycles. The van der Waals surface area contributed by atoms with Gasteiger partial charge in [-0.2, -0.15) is 0 Å². The molecular weight excluding hydrogens is 192 g/mol. The van der Waals surface area contributed by atoms with Crippen LogP contribution in [0.4, 0.5) is 0 Å². The normalized spacial score (nSPS) is 24.3. The lowest BCUT2D eigenvalue weighted by molar-refractivity contribution is -0.146. The topological polar surface area (TPSA) is 49.4 Å². The van der Waals surface area contributed by atoms with Crippen LogP contribution in [0.25, 0.3) is 0 Å². The number of hydrogen-bond donors (Lipinski definition) is 1. The lowest BCUT2D eigenvalue weighted by Gasteiger charge is -2.36. The van der Waals surface area contributed by atoms with Crippen molar-refractivity contribution in [3.8, 4) is 0 Å². The minimum absolute atomic E-state index is 0.0303. The lowest BCUT2D eigenvalue weighted by Crippen LogP contribution is -2.59. The van der Waals surface area contributed by atoms with E-state index in [0.717, 1.165) is 6.42 Å². The Bertz CT molecular complexity index is 263. The Morgan fingerprint density at radius 1 is 1.40 bits per heavy atom. The van der Waals surface area contributed by atoms with Crippen molar-refractivity contribution in [2.24, 2.45) is 5.92 Å². The van der Waals surface area contributed by atoms with Crippen LogP contribution in [0.2, 0.25) is 0 Å². The van der Waals surface area contributed by atoms with Crippen molar-refractivity contribution in [1.82, 2.24) is 10.2 Å². The maximum Gasteiger partial charge on any atom is 0.245 e. The first-order valence-corrected chi connectivity index (χ1v) is 5.51. The number of piperazine rings is 1. The molecule has 1 rings (SSSR count). The van der Waals surface area contributed by atoms with E-state index in [1.165, 1.54) is 0 Å². The van der Waals surface area contributed by atoms with Gasteiger partial charge in [-0.05, 0) is 26.2 Å². The minimum Gasteiger partial charge on any atom is -0.343 e. The van der Waals surface area contributed by atoms with Crippen molar-refractivity contribution in [2.45, 2.75) is 46.2 Å². The number of nitrogens with zero attached hydrogens (tertiary/aromatic N) is 1. The fourth-order valence-corrected chi connectivity index (χ4v) is 2.01. The van der Waals surface area contributed by atoms with E-state index in [2.05, 4.69) is 19.2 Å². The Labute approximate surface area is 91.0 Å². The molecule has 0 saturated carbocycles. The van der Waals surface area contributed by atoms with Gasteiger partial charge in [-0.3, -0.25) is 9.59 Å². The molecule has 0 bridgehead atoms. The lowest BCUT2D eigenvalue weighted by atomic mass is 10.0. The van der Waals surface area contributed by atoms with Gasteiger partial charge in [-0.15, -0.1) is 0 Å². The van der Waals surface area contributed by atoms with Crippen LogP contribution >= 0.6 is 0 Å². The van der Waals surface area contributed by atoms with Crippen LogP contribution in [0.15, 0.2) is 0 Å². The van der Waals surface area contributed by atoms with Crippen LogP contribution in [0, 0.1) is 5.92 Å². The Balaban J connectivity index is 2.66. The Kier molecular flexibility index (Phi) is 3.72. The smallest absolute Gasteiger partial charge is 0.245 e. The molecule has 4 heteroatoms. The molecule has 0 aromatic heterocycles. The summed E-state index contributed by atoms with van der Waals surface area (Å²) in [6.45, 7) is 8.18. The van der Waals surface area contributed by atoms with E-state index >= 15 is 0 Å². The first-order valence-electron chi connectivity index (χ1n) is 5.51. The van der Waals surface area contributed by atoms with Gasteiger partial charge in [0.05, 0.1) is 6.54 Å². The number of rotatable bonds is 3. The van der Waals surface area contributed by atoms with Crippen LogP contribution in [-0.2, 0) is 9.59 Å². The number of carbonyl (C=O) groups excluding carboxylic acids is 2. The van der Waals surface area contributed by atoms with Crippen LogP contribution in [0.5, 0.6) is 0 Å². The molecule has 0 spiro atoms. The summed E-state index contributed by atoms with van der Waals surface area (Å²) in [7, 11) is 0. The van der Waals surface area contributed by atoms with Gasteiger partial charge >= 0.3 is 0 Å². The summed E-state index contributed by atoms with van der Waals surface area (Å²) in [5.74, 6) is 0.508. The monoisotopic (exact) mass is 212 g/mol. The molecule has 0 aromatic rings. The van der Waals surface area contributed by atoms with Gasteiger partial charge in [0.1, 0.15) is 6.04 Å². The van der Waals surface area contributed by atoms with Crippen molar-refractivity contribution in [2.75, 3.05) is 6.54 Å². The molecule has 1 fully saturated rings. The molecule has 15 heavy (non-hydrogen) atoms. The standard InChI is InChI=1S/C11H20N2O2/c1-7(2)5-8(3)13-6-10(14)12-9(4)11(13)15/h7-9H,5-6H2,1-4H3,(H,12,14). The van der Waals surface area contributed by atoms with E-state index in [4.69, 9.17) is 0 Å². The molecule has 1 saturated heterocycles. The van der Waals surface area contributed by atoms with Crippen molar-refractivity contribution in [3.63, 3.8) is 0 Å². The number of nitrogens with one attached hydrogen (secondary N) is 1.